The van der Waals surface area contributed by atoms with Crippen LogP contribution in [0.2, 0.25) is 0 Å². The molecule has 0 saturated carbocycles. The number of halogens is 3. The molecule has 2 rings (SSSR count). The van der Waals surface area contributed by atoms with E-state index in [4.69, 9.17) is 5.11 Å². The number of alkyl halides is 3. The highest BCUT2D eigenvalue weighted by Crippen LogP contribution is 2.27. The van der Waals surface area contributed by atoms with Gasteiger partial charge in [-0.25, -0.2) is 9.67 Å². The molecule has 1 amide bonds. The molecule has 0 radical (unpaired) electrons. The molecule has 0 fully saturated rings. The van der Waals surface area contributed by atoms with Gasteiger partial charge in [-0.05, 0) is 6.07 Å². The van der Waals surface area contributed by atoms with Crippen molar-refractivity contribution in [2.75, 3.05) is 5.32 Å². The van der Waals surface area contributed by atoms with Crippen molar-refractivity contribution in [3.63, 3.8) is 0 Å². The van der Waals surface area contributed by atoms with Gasteiger partial charge in [-0.1, -0.05) is 0 Å². The third-order valence-electron chi connectivity index (χ3n) is 2.32. The molecule has 0 saturated heterocycles. The second-order valence-electron chi connectivity index (χ2n) is 4.10. The monoisotopic (exact) mass is 318 g/mol. The van der Waals surface area contributed by atoms with E-state index in [1.807, 2.05) is 0 Å². The highest BCUT2D eigenvalue weighted by atomic mass is 19.4. The van der Waals surface area contributed by atoms with Crippen molar-refractivity contribution in [3.05, 3.63) is 24.3 Å². The summed E-state index contributed by atoms with van der Waals surface area (Å²) in [5.41, 5.74) is -1.11. The Morgan fingerprint density at radius 2 is 1.95 bits per heavy atom. The lowest BCUT2D eigenvalue weighted by molar-refractivity contribution is -0.141. The number of aromatic nitrogens is 5. The maximum absolute atomic E-state index is 12.3. The van der Waals surface area contributed by atoms with Crippen LogP contribution >= 0.6 is 0 Å². The molecule has 9 nitrogen and oxygen atoms in total. The first-order valence-electron chi connectivity index (χ1n) is 5.76. The van der Waals surface area contributed by atoms with E-state index >= 15 is 0 Å². The van der Waals surface area contributed by atoms with Crippen LogP contribution in [-0.2, 0) is 28.9 Å². The van der Waals surface area contributed by atoms with Crippen molar-refractivity contribution >= 4 is 17.8 Å². The van der Waals surface area contributed by atoms with Gasteiger partial charge in [0.1, 0.15) is 19.4 Å². The predicted molar refractivity (Wildman–Crippen MR) is 63.5 cm³/mol. The van der Waals surface area contributed by atoms with Crippen LogP contribution in [0.4, 0.5) is 19.1 Å². The molecular weight excluding hydrogens is 309 g/mol. The Kier molecular flexibility index (Phi) is 4.10. The minimum atomic E-state index is -4.58. The number of aliphatic carboxylic acids is 1. The van der Waals surface area contributed by atoms with Crippen LogP contribution in [-0.4, -0.2) is 41.5 Å². The molecule has 2 heterocycles. The summed E-state index contributed by atoms with van der Waals surface area (Å²) in [6, 6.07) is 0.743. The second kappa shape index (κ2) is 5.83. The minimum absolute atomic E-state index is 0.158. The molecule has 0 bridgehead atoms. The van der Waals surface area contributed by atoms with Crippen molar-refractivity contribution in [1.82, 2.24) is 24.5 Å². The molecule has 2 aromatic heterocycles. The van der Waals surface area contributed by atoms with Crippen molar-refractivity contribution in [3.8, 4) is 0 Å². The fraction of sp³-hybridized carbons (Fsp3) is 0.300. The van der Waals surface area contributed by atoms with E-state index in [9.17, 15) is 22.8 Å². The van der Waals surface area contributed by atoms with E-state index in [2.05, 4.69) is 20.5 Å². The zero-order valence-corrected chi connectivity index (χ0v) is 10.8. The summed E-state index contributed by atoms with van der Waals surface area (Å²) in [5.74, 6) is -2.00. The van der Waals surface area contributed by atoms with Gasteiger partial charge >= 0.3 is 12.1 Å². The predicted octanol–water partition coefficient (Wildman–Crippen LogP) is 0.217. The largest absolute Gasteiger partial charge is 0.480 e. The van der Waals surface area contributed by atoms with E-state index in [1.54, 1.807) is 0 Å². The van der Waals surface area contributed by atoms with Gasteiger partial charge in [0.2, 0.25) is 11.9 Å². The number of nitrogens with one attached hydrogen (secondary N) is 1. The summed E-state index contributed by atoms with van der Waals surface area (Å²) >= 11 is 0. The van der Waals surface area contributed by atoms with Gasteiger partial charge in [0.05, 0.1) is 0 Å². The Balaban J connectivity index is 1.94. The van der Waals surface area contributed by atoms with Crippen LogP contribution in [0.5, 0.6) is 0 Å². The maximum Gasteiger partial charge on any atom is 0.435 e. The zero-order chi connectivity index (χ0) is 16.3. The van der Waals surface area contributed by atoms with Gasteiger partial charge in [-0.3, -0.25) is 19.6 Å². The van der Waals surface area contributed by atoms with Crippen LogP contribution in [0.25, 0.3) is 0 Å². The van der Waals surface area contributed by atoms with Crippen molar-refractivity contribution in [1.29, 1.82) is 0 Å². The number of carbonyl (C=O) groups excluding carboxylic acids is 1. The first-order valence-corrected chi connectivity index (χ1v) is 5.76. The summed E-state index contributed by atoms with van der Waals surface area (Å²) in [7, 11) is 0. The lowest BCUT2D eigenvalue weighted by Crippen LogP contribution is -2.20. The molecule has 0 atom stereocenters. The SMILES string of the molecule is O=C(O)Cn1cnc(NC(=O)Cn2ccc(C(F)(F)F)n2)n1. The minimum Gasteiger partial charge on any atom is -0.480 e. The summed E-state index contributed by atoms with van der Waals surface area (Å²) in [5, 5.41) is 17.6. The Morgan fingerprint density at radius 1 is 1.23 bits per heavy atom. The van der Waals surface area contributed by atoms with Gasteiger partial charge in [0.15, 0.2) is 5.69 Å². The van der Waals surface area contributed by atoms with Gasteiger partial charge in [-0.2, -0.15) is 18.3 Å². The van der Waals surface area contributed by atoms with E-state index in [1.165, 1.54) is 0 Å². The number of hydrogen-bond donors (Lipinski definition) is 2. The van der Waals surface area contributed by atoms with Crippen LogP contribution in [0.15, 0.2) is 18.6 Å². The number of anilines is 1. The molecule has 0 aliphatic carbocycles. The number of nitrogens with zero attached hydrogens (tertiary/aromatic N) is 5. The molecule has 0 aliphatic rings. The fourth-order valence-electron chi connectivity index (χ4n) is 1.48. The quantitative estimate of drug-likeness (QED) is 0.815. The molecule has 0 aromatic carbocycles. The topological polar surface area (TPSA) is 115 Å². The van der Waals surface area contributed by atoms with E-state index in [0.29, 0.717) is 0 Å². The third-order valence-corrected chi connectivity index (χ3v) is 2.32. The van der Waals surface area contributed by atoms with E-state index in [0.717, 1.165) is 28.0 Å². The van der Waals surface area contributed by atoms with Crippen LogP contribution in [0.1, 0.15) is 5.69 Å². The highest BCUT2D eigenvalue weighted by molar-refractivity contribution is 5.88. The zero-order valence-electron chi connectivity index (χ0n) is 10.8. The molecule has 0 spiro atoms. The first-order chi connectivity index (χ1) is 10.2. The summed E-state index contributed by atoms with van der Waals surface area (Å²) in [4.78, 5) is 25.7. The molecule has 12 heteroatoms. The van der Waals surface area contributed by atoms with Crippen molar-refractivity contribution < 1.29 is 27.9 Å². The smallest absolute Gasteiger partial charge is 0.435 e. The second-order valence-corrected chi connectivity index (χ2v) is 4.10. The average Bonchev–Trinajstić information content (AvgIpc) is 2.97. The summed E-state index contributed by atoms with van der Waals surface area (Å²) in [6.07, 6.45) is -2.48. The lowest BCUT2D eigenvalue weighted by atomic mass is 10.4. The average molecular weight is 318 g/mol. The van der Waals surface area contributed by atoms with Gasteiger partial charge in [0.25, 0.3) is 0 Å². The number of rotatable bonds is 5. The number of carboxylic acids is 1. The van der Waals surface area contributed by atoms with Crippen LogP contribution < -0.4 is 5.32 Å². The molecule has 2 N–H and O–H groups in total. The summed E-state index contributed by atoms with van der Waals surface area (Å²) in [6.45, 7) is -0.902. The standard InChI is InChI=1S/C10H9F3N6O3/c11-10(12,13)6-1-2-18(16-6)3-7(20)15-9-14-5-19(17-9)4-8(21)22/h1-2,5H,3-4H2,(H,21,22)(H,15,17,20). The van der Waals surface area contributed by atoms with Crippen molar-refractivity contribution in [2.24, 2.45) is 0 Å². The molecule has 0 unspecified atom stereocenters. The van der Waals surface area contributed by atoms with E-state index < -0.39 is 36.8 Å². The Morgan fingerprint density at radius 3 is 2.55 bits per heavy atom. The Hall–Kier alpha value is -2.92. The normalized spacial score (nSPS) is 11.4. The number of hydrogen-bond acceptors (Lipinski definition) is 5. The molecule has 22 heavy (non-hydrogen) atoms. The van der Waals surface area contributed by atoms with E-state index in [-0.39, 0.29) is 5.95 Å². The van der Waals surface area contributed by atoms with Gasteiger partial charge in [0, 0.05) is 6.20 Å². The summed E-state index contributed by atoms with van der Waals surface area (Å²) < 4.78 is 38.8. The fourth-order valence-corrected chi connectivity index (χ4v) is 1.48. The van der Waals surface area contributed by atoms with Gasteiger partial charge < -0.3 is 5.11 Å². The first kappa shape index (κ1) is 15.5. The number of carbonyl (C=O) groups is 2. The van der Waals surface area contributed by atoms with Crippen LogP contribution in [0, 0.1) is 0 Å². The van der Waals surface area contributed by atoms with Gasteiger partial charge in [-0.15, -0.1) is 5.10 Å². The van der Waals surface area contributed by atoms with Crippen molar-refractivity contribution in [2.45, 2.75) is 19.3 Å². The highest BCUT2D eigenvalue weighted by Gasteiger charge is 2.33. The molecular formula is C10H9F3N6O3. The number of carboxylic acid groups (broad SMARTS) is 1. The molecule has 2 aromatic rings. The molecule has 118 valence electrons. The van der Waals surface area contributed by atoms with Crippen LogP contribution in [0.3, 0.4) is 0 Å². The Bertz CT molecular complexity index is 692. The molecule has 0 aliphatic heterocycles. The lowest BCUT2D eigenvalue weighted by Gasteiger charge is -2.03. The maximum atomic E-state index is 12.3. The number of amides is 1. The third kappa shape index (κ3) is 4.04. The Labute approximate surface area is 120 Å².